The Morgan fingerprint density at radius 2 is 0.298 bits per heavy atom. The summed E-state index contributed by atoms with van der Waals surface area (Å²) in [4.78, 5) is 11.2. The molecule has 0 aliphatic rings. The lowest BCUT2D eigenvalue weighted by atomic mass is 9.91. The molecule has 0 aliphatic heterocycles. The first-order valence-electron chi connectivity index (χ1n) is 32.1. The maximum atomic E-state index is 5.62. The first-order chi connectivity index (χ1) is 46.6. The molecule has 19 rings (SSSR count). The van der Waals surface area contributed by atoms with Crippen molar-refractivity contribution in [1.29, 1.82) is 0 Å². The highest BCUT2D eigenvalue weighted by molar-refractivity contribution is 6.12. The number of para-hydroxylation sites is 8. The van der Waals surface area contributed by atoms with Gasteiger partial charge in [-0.1, -0.05) is 249 Å². The van der Waals surface area contributed by atoms with Crippen molar-refractivity contribution < 1.29 is 0 Å². The van der Waals surface area contributed by atoms with E-state index in [0.717, 1.165) is 123 Å². The van der Waals surface area contributed by atoms with Crippen LogP contribution in [0, 0.1) is 0 Å². The summed E-state index contributed by atoms with van der Waals surface area (Å²) < 4.78 is 9.32. The van der Waals surface area contributed by atoms with Crippen molar-refractivity contribution in [3.05, 3.63) is 340 Å². The molecule has 0 N–H and O–H groups in total. The van der Waals surface area contributed by atoms with Gasteiger partial charge in [0.05, 0.1) is 44.1 Å². The number of benzene rings is 13. The minimum atomic E-state index is 0.855. The van der Waals surface area contributed by atoms with Crippen LogP contribution in [0.3, 0.4) is 0 Å². The Hall–Kier alpha value is -12.6. The average molecular weight is 1200 g/mol. The van der Waals surface area contributed by atoms with Crippen LogP contribution >= 0.6 is 0 Å². The molecule has 0 bridgehead atoms. The summed E-state index contributed by atoms with van der Waals surface area (Å²) >= 11 is 0. The molecule has 94 heavy (non-hydrogen) atoms. The fourth-order valence-corrected chi connectivity index (χ4v) is 14.8. The molecule has 13 aromatic carbocycles. The molecule has 6 aromatic heterocycles. The first-order valence-corrected chi connectivity index (χ1v) is 32.1. The maximum absolute atomic E-state index is 5.62. The van der Waals surface area contributed by atoms with Gasteiger partial charge in [-0.2, -0.15) is 0 Å². The van der Waals surface area contributed by atoms with Crippen LogP contribution in [0.1, 0.15) is 0 Å². The van der Waals surface area contributed by atoms with E-state index >= 15 is 0 Å². The Balaban J connectivity index is 0.750. The number of fused-ring (bicyclic) bond motifs is 12. The van der Waals surface area contributed by atoms with Gasteiger partial charge >= 0.3 is 0 Å². The highest BCUT2D eigenvalue weighted by Crippen LogP contribution is 2.42. The Morgan fingerprint density at radius 1 is 0.138 bits per heavy atom. The van der Waals surface area contributed by atoms with Gasteiger partial charge in [-0.25, -0.2) is 9.97 Å². The fourth-order valence-electron chi connectivity index (χ4n) is 14.8. The molecule has 0 unspecified atom stereocenters. The van der Waals surface area contributed by atoms with Gasteiger partial charge in [0.1, 0.15) is 23.3 Å². The molecule has 0 fully saturated rings. The number of hydrogen-bond donors (Lipinski definition) is 0. The molecule has 0 aliphatic carbocycles. The van der Waals surface area contributed by atoms with Gasteiger partial charge in [0.2, 0.25) is 0 Å². The Morgan fingerprint density at radius 3 is 0.511 bits per heavy atom. The van der Waals surface area contributed by atoms with Crippen LogP contribution < -0.4 is 0 Å². The summed E-state index contributed by atoms with van der Waals surface area (Å²) in [5, 5.41) is 9.57. The normalized spacial score (nSPS) is 11.8. The predicted octanol–water partition coefficient (Wildman–Crippen LogP) is 22.9. The molecule has 0 atom stereocenters. The second-order valence-corrected chi connectivity index (χ2v) is 24.5. The molecule has 6 heteroatoms. The van der Waals surface area contributed by atoms with E-state index in [1.165, 1.54) is 54.2 Å². The third-order valence-electron chi connectivity index (χ3n) is 19.2. The van der Waals surface area contributed by atoms with Crippen molar-refractivity contribution >= 4 is 87.2 Å². The topological polar surface area (TPSA) is 45.5 Å². The minimum absolute atomic E-state index is 0.855. The number of hydrogen-bond acceptors (Lipinski definition) is 2. The number of nitrogens with zero attached hydrogens (tertiary/aromatic N) is 6. The van der Waals surface area contributed by atoms with E-state index in [1.807, 2.05) is 0 Å². The van der Waals surface area contributed by atoms with Crippen molar-refractivity contribution in [1.82, 2.24) is 28.2 Å². The lowest BCUT2D eigenvalue weighted by Gasteiger charge is -2.16. The van der Waals surface area contributed by atoms with Crippen molar-refractivity contribution in [2.75, 3.05) is 0 Å². The van der Waals surface area contributed by atoms with Crippen molar-refractivity contribution in [3.63, 3.8) is 0 Å². The quantitative estimate of drug-likeness (QED) is 0.137. The molecule has 0 amide bonds. The summed E-state index contributed by atoms with van der Waals surface area (Å²) in [6.45, 7) is 0. The zero-order valence-corrected chi connectivity index (χ0v) is 51.0. The highest BCUT2D eigenvalue weighted by atomic mass is 15.1. The predicted molar refractivity (Wildman–Crippen MR) is 392 cm³/mol. The number of aromatic nitrogens is 6. The Bertz CT molecular complexity index is 5390. The van der Waals surface area contributed by atoms with E-state index in [2.05, 4.69) is 358 Å². The van der Waals surface area contributed by atoms with Crippen molar-refractivity contribution in [3.8, 4) is 90.0 Å². The van der Waals surface area contributed by atoms with E-state index in [9.17, 15) is 0 Å². The van der Waals surface area contributed by atoms with E-state index in [0.29, 0.717) is 0 Å². The molecule has 0 radical (unpaired) electrons. The van der Waals surface area contributed by atoms with Crippen LogP contribution in [0.25, 0.3) is 177 Å². The second-order valence-electron chi connectivity index (χ2n) is 24.5. The molecule has 0 spiro atoms. The van der Waals surface area contributed by atoms with Gasteiger partial charge in [-0.05, 0) is 158 Å². The average Bonchev–Trinajstić information content (AvgIpc) is 1.52. The highest BCUT2D eigenvalue weighted by Gasteiger charge is 2.22. The van der Waals surface area contributed by atoms with Gasteiger partial charge in [-0.15, -0.1) is 0 Å². The zero-order valence-electron chi connectivity index (χ0n) is 51.0. The first kappa shape index (κ1) is 53.2. The molecular weight excluding hydrogens is 1140 g/mol. The van der Waals surface area contributed by atoms with Crippen molar-refractivity contribution in [2.24, 2.45) is 0 Å². The van der Waals surface area contributed by atoms with E-state index < -0.39 is 0 Å². The molecule has 6 heterocycles. The van der Waals surface area contributed by atoms with Gasteiger partial charge < -0.3 is 0 Å². The minimum Gasteiger partial charge on any atom is -0.294 e. The smallest absolute Gasteiger partial charge is 0.140 e. The van der Waals surface area contributed by atoms with Crippen molar-refractivity contribution in [2.45, 2.75) is 0 Å². The molecular formula is C88H56N6. The second kappa shape index (κ2) is 21.5. The monoisotopic (exact) mass is 1200 g/mol. The van der Waals surface area contributed by atoms with E-state index in [1.54, 1.807) is 0 Å². The third kappa shape index (κ3) is 8.65. The van der Waals surface area contributed by atoms with Crippen LogP contribution in [0.15, 0.2) is 340 Å². The molecule has 0 saturated heterocycles. The Kier molecular flexibility index (Phi) is 12.2. The van der Waals surface area contributed by atoms with Crippen LogP contribution in [0.4, 0.5) is 0 Å². The molecule has 0 saturated carbocycles. The van der Waals surface area contributed by atoms with E-state index in [4.69, 9.17) is 9.97 Å². The van der Waals surface area contributed by atoms with Crippen LogP contribution in [0.5, 0.6) is 0 Å². The zero-order chi connectivity index (χ0) is 61.8. The van der Waals surface area contributed by atoms with Crippen LogP contribution in [-0.4, -0.2) is 28.2 Å². The molecule has 19 aromatic rings. The van der Waals surface area contributed by atoms with Gasteiger partial charge in [0.15, 0.2) is 0 Å². The summed E-state index contributed by atoms with van der Waals surface area (Å²) in [7, 11) is 0. The number of pyridine rings is 2. The fraction of sp³-hybridized carbons (Fsp3) is 0. The molecule has 6 nitrogen and oxygen atoms in total. The maximum Gasteiger partial charge on any atom is 0.140 e. The summed E-state index contributed by atoms with van der Waals surface area (Å²) in [5.41, 5.74) is 22.4. The summed E-state index contributed by atoms with van der Waals surface area (Å²) in [6.07, 6.45) is 0. The lowest BCUT2D eigenvalue weighted by molar-refractivity contribution is 1.01. The van der Waals surface area contributed by atoms with Gasteiger partial charge in [-0.3, -0.25) is 18.3 Å². The van der Waals surface area contributed by atoms with E-state index in [-0.39, 0.29) is 0 Å². The summed E-state index contributed by atoms with van der Waals surface area (Å²) in [5.74, 6) is 3.42. The van der Waals surface area contributed by atoms with Crippen LogP contribution in [0.2, 0.25) is 0 Å². The SMILES string of the molecule is c1ccc(-c2ccc(-c3cc(-c4ccc(-c5cc(-n6c7ccccc7c7ccccc76)nc(-n6c7ccccc7c7ccccc76)c5)cc4)cc(-c4ccc(-c5cc(-n6c7ccccc7c7ccccc76)nc(-n6c7ccccc7c7ccccc76)c5)cc4)c3)cc2)cc1. The Labute approximate surface area is 542 Å². The van der Waals surface area contributed by atoms with Crippen LogP contribution in [-0.2, 0) is 0 Å². The molecule has 438 valence electrons. The third-order valence-corrected chi connectivity index (χ3v) is 19.2. The summed E-state index contributed by atoms with van der Waals surface area (Å²) in [6, 6.07) is 123. The van der Waals surface area contributed by atoms with Gasteiger partial charge in [0.25, 0.3) is 0 Å². The van der Waals surface area contributed by atoms with Gasteiger partial charge in [0, 0.05) is 43.1 Å². The number of rotatable bonds is 10. The standard InChI is InChI=1S/C88H56N6/c1-2-20-57(21-3-1)58-38-40-59(41-39-58)64-50-65(60-42-46-62(47-43-60)67-53-85(91-77-30-12-4-22-69(77)70-23-5-13-31-78(70)91)89-86(54-67)92-79-32-14-6-24-71(79)72-25-7-15-33-80(72)92)52-66(51-64)61-44-48-63(49-45-61)68-55-87(93-81-34-16-8-26-73(81)74-27-9-17-35-82(74)93)90-88(56-68)94-83-36-18-10-28-75(83)76-29-11-19-37-84(76)94/h1-56H. The lowest BCUT2D eigenvalue weighted by Crippen LogP contribution is -2.04. The largest absolute Gasteiger partial charge is 0.294 e.